The first kappa shape index (κ1) is 25.0. The Kier molecular flexibility index (Phi) is 7.41. The molecule has 7 nitrogen and oxygen atoms in total. The molecule has 2 amide bonds. The van der Waals surface area contributed by atoms with Gasteiger partial charge >= 0.3 is 0 Å². The molecule has 0 saturated heterocycles. The Bertz CT molecular complexity index is 1280. The summed E-state index contributed by atoms with van der Waals surface area (Å²) in [7, 11) is -0.708. The van der Waals surface area contributed by atoms with Crippen LogP contribution >= 0.6 is 0 Å². The van der Waals surface area contributed by atoms with Crippen molar-refractivity contribution in [2.75, 3.05) is 30.3 Å². The number of anilines is 2. The lowest BCUT2D eigenvalue weighted by Gasteiger charge is -2.21. The van der Waals surface area contributed by atoms with Gasteiger partial charge in [-0.3, -0.25) is 13.9 Å². The molecule has 0 aliphatic carbocycles. The van der Waals surface area contributed by atoms with Gasteiger partial charge in [-0.1, -0.05) is 35.9 Å². The molecule has 0 aliphatic rings. The number of hydrogen-bond acceptors (Lipinski definition) is 4. The maximum Gasteiger partial charge on any atom is 0.264 e. The standard InChI is InChI=1S/C26H29N3O4S/c1-18-9-15-23(16-10-18)34(32,33)29(5)22-13-11-21(12-14-22)26(31)28(4)17-24(30)27-25-19(2)7-6-8-20(25)3/h6-16H,17H2,1-5H3,(H,27,30). The number of carbonyl (C=O) groups excluding carboxylic acids is 2. The highest BCUT2D eigenvalue weighted by Gasteiger charge is 2.22. The molecule has 0 aromatic heterocycles. The molecule has 3 aromatic rings. The van der Waals surface area contributed by atoms with Crippen LogP contribution in [0.3, 0.4) is 0 Å². The molecule has 0 atom stereocenters. The number of aryl methyl sites for hydroxylation is 3. The van der Waals surface area contributed by atoms with Gasteiger partial charge in [-0.2, -0.15) is 0 Å². The quantitative estimate of drug-likeness (QED) is 0.552. The summed E-state index contributed by atoms with van der Waals surface area (Å²) in [5, 5.41) is 2.87. The van der Waals surface area contributed by atoms with Crippen LogP contribution in [-0.4, -0.2) is 45.8 Å². The highest BCUT2D eigenvalue weighted by atomic mass is 32.2. The van der Waals surface area contributed by atoms with E-state index in [0.29, 0.717) is 11.3 Å². The van der Waals surface area contributed by atoms with E-state index in [1.54, 1.807) is 55.6 Å². The molecule has 3 rings (SSSR count). The van der Waals surface area contributed by atoms with Gasteiger partial charge in [-0.25, -0.2) is 8.42 Å². The van der Waals surface area contributed by atoms with Crippen LogP contribution in [0.2, 0.25) is 0 Å². The Labute approximate surface area is 201 Å². The Morgan fingerprint density at radius 1 is 0.824 bits per heavy atom. The van der Waals surface area contributed by atoms with Gasteiger partial charge in [0.2, 0.25) is 5.91 Å². The topological polar surface area (TPSA) is 86.8 Å². The smallest absolute Gasteiger partial charge is 0.264 e. The number of benzene rings is 3. The Balaban J connectivity index is 1.68. The molecule has 8 heteroatoms. The number of rotatable bonds is 7. The zero-order valence-corrected chi connectivity index (χ0v) is 20.8. The first-order valence-corrected chi connectivity index (χ1v) is 12.2. The van der Waals surface area contributed by atoms with Gasteiger partial charge in [0.25, 0.3) is 15.9 Å². The molecule has 0 unspecified atom stereocenters. The first-order chi connectivity index (χ1) is 16.0. The lowest BCUT2D eigenvalue weighted by Crippen LogP contribution is -2.35. The van der Waals surface area contributed by atoms with Crippen LogP contribution in [-0.2, 0) is 14.8 Å². The van der Waals surface area contributed by atoms with E-state index in [9.17, 15) is 18.0 Å². The summed E-state index contributed by atoms with van der Waals surface area (Å²) in [5.74, 6) is -0.638. The molecular formula is C26H29N3O4S. The molecule has 0 heterocycles. The fourth-order valence-corrected chi connectivity index (χ4v) is 4.71. The SMILES string of the molecule is Cc1ccc(S(=O)(=O)N(C)c2ccc(C(=O)N(C)CC(=O)Nc3c(C)cccc3C)cc2)cc1. The highest BCUT2D eigenvalue weighted by molar-refractivity contribution is 7.92. The summed E-state index contributed by atoms with van der Waals surface area (Å²) in [5.41, 5.74) is 4.39. The van der Waals surface area contributed by atoms with Crippen molar-refractivity contribution in [3.05, 3.63) is 89.0 Å². The maximum absolute atomic E-state index is 12.9. The number of carbonyl (C=O) groups is 2. The monoisotopic (exact) mass is 479 g/mol. The minimum atomic E-state index is -3.73. The number of sulfonamides is 1. The van der Waals surface area contributed by atoms with E-state index < -0.39 is 10.0 Å². The van der Waals surface area contributed by atoms with Crippen LogP contribution in [0.1, 0.15) is 27.0 Å². The van der Waals surface area contributed by atoms with Gasteiger partial charge in [0.15, 0.2) is 0 Å². The zero-order valence-electron chi connectivity index (χ0n) is 20.0. The summed E-state index contributed by atoms with van der Waals surface area (Å²) in [6, 6.07) is 18.6. The zero-order chi connectivity index (χ0) is 25.0. The first-order valence-electron chi connectivity index (χ1n) is 10.8. The lowest BCUT2D eigenvalue weighted by molar-refractivity contribution is -0.116. The van der Waals surface area contributed by atoms with E-state index in [2.05, 4.69) is 5.32 Å². The van der Waals surface area contributed by atoms with E-state index in [-0.39, 0.29) is 23.3 Å². The van der Waals surface area contributed by atoms with E-state index in [1.807, 2.05) is 39.0 Å². The Hall–Kier alpha value is -3.65. The van der Waals surface area contributed by atoms with Crippen molar-refractivity contribution in [2.45, 2.75) is 25.7 Å². The van der Waals surface area contributed by atoms with Crippen molar-refractivity contribution < 1.29 is 18.0 Å². The predicted octanol–water partition coefficient (Wildman–Crippen LogP) is 4.15. The van der Waals surface area contributed by atoms with Crippen LogP contribution in [0.5, 0.6) is 0 Å². The van der Waals surface area contributed by atoms with Gasteiger partial charge in [0.05, 0.1) is 17.1 Å². The molecule has 34 heavy (non-hydrogen) atoms. The molecule has 0 spiro atoms. The number of likely N-dealkylation sites (N-methyl/N-ethyl adjacent to an activating group) is 1. The second-order valence-corrected chi connectivity index (χ2v) is 10.3. The molecule has 178 valence electrons. The number of nitrogens with one attached hydrogen (secondary N) is 1. The van der Waals surface area contributed by atoms with Gasteiger partial charge < -0.3 is 10.2 Å². The van der Waals surface area contributed by atoms with E-state index >= 15 is 0 Å². The largest absolute Gasteiger partial charge is 0.332 e. The normalized spacial score (nSPS) is 11.1. The molecule has 0 bridgehead atoms. The van der Waals surface area contributed by atoms with Gasteiger partial charge in [0, 0.05) is 25.3 Å². The molecular weight excluding hydrogens is 450 g/mol. The number of para-hydroxylation sites is 1. The Morgan fingerprint density at radius 3 is 1.94 bits per heavy atom. The second-order valence-electron chi connectivity index (χ2n) is 8.31. The van der Waals surface area contributed by atoms with Crippen LogP contribution in [0.4, 0.5) is 11.4 Å². The number of nitrogens with zero attached hydrogens (tertiary/aromatic N) is 2. The molecule has 0 aliphatic heterocycles. The van der Waals surface area contributed by atoms with Crippen molar-refractivity contribution in [2.24, 2.45) is 0 Å². The van der Waals surface area contributed by atoms with Gasteiger partial charge in [0.1, 0.15) is 0 Å². The predicted molar refractivity (Wildman–Crippen MR) is 135 cm³/mol. The van der Waals surface area contributed by atoms with Crippen molar-refractivity contribution >= 4 is 33.2 Å². The van der Waals surface area contributed by atoms with Crippen LogP contribution < -0.4 is 9.62 Å². The van der Waals surface area contributed by atoms with Crippen molar-refractivity contribution in [3.63, 3.8) is 0 Å². The molecule has 0 fully saturated rings. The van der Waals surface area contributed by atoms with E-state index in [1.165, 1.54) is 16.3 Å². The average Bonchev–Trinajstić information content (AvgIpc) is 2.81. The van der Waals surface area contributed by atoms with Gasteiger partial charge in [-0.05, 0) is 68.3 Å². The third kappa shape index (κ3) is 5.46. The minimum Gasteiger partial charge on any atom is -0.332 e. The summed E-state index contributed by atoms with van der Waals surface area (Å²) in [6.07, 6.45) is 0. The van der Waals surface area contributed by atoms with Crippen molar-refractivity contribution in [1.29, 1.82) is 0 Å². The number of amides is 2. The van der Waals surface area contributed by atoms with Crippen LogP contribution in [0.25, 0.3) is 0 Å². The molecule has 3 aromatic carbocycles. The van der Waals surface area contributed by atoms with E-state index in [4.69, 9.17) is 0 Å². The van der Waals surface area contributed by atoms with E-state index in [0.717, 1.165) is 22.4 Å². The Morgan fingerprint density at radius 2 is 1.38 bits per heavy atom. The fraction of sp³-hybridized carbons (Fsp3) is 0.231. The molecule has 0 saturated carbocycles. The van der Waals surface area contributed by atoms with Crippen molar-refractivity contribution in [3.8, 4) is 0 Å². The fourth-order valence-electron chi connectivity index (χ4n) is 3.52. The summed E-state index contributed by atoms with van der Waals surface area (Å²) in [4.78, 5) is 26.8. The van der Waals surface area contributed by atoms with Crippen LogP contribution in [0.15, 0.2) is 71.6 Å². The highest BCUT2D eigenvalue weighted by Crippen LogP contribution is 2.23. The summed E-state index contributed by atoms with van der Waals surface area (Å²) in [6.45, 7) is 5.60. The third-order valence-electron chi connectivity index (χ3n) is 5.63. The third-order valence-corrected chi connectivity index (χ3v) is 7.43. The van der Waals surface area contributed by atoms with Crippen LogP contribution in [0, 0.1) is 20.8 Å². The van der Waals surface area contributed by atoms with Crippen molar-refractivity contribution in [1.82, 2.24) is 4.90 Å². The molecule has 1 N–H and O–H groups in total. The average molecular weight is 480 g/mol. The lowest BCUT2D eigenvalue weighted by atomic mass is 10.1. The number of hydrogen-bond donors (Lipinski definition) is 1. The summed E-state index contributed by atoms with van der Waals surface area (Å²) >= 11 is 0. The second kappa shape index (κ2) is 10.1. The summed E-state index contributed by atoms with van der Waals surface area (Å²) < 4.78 is 27.0. The maximum atomic E-state index is 12.9. The molecule has 0 radical (unpaired) electrons. The minimum absolute atomic E-state index is 0.115. The van der Waals surface area contributed by atoms with Gasteiger partial charge in [-0.15, -0.1) is 0 Å².